The smallest absolute Gasteiger partial charge is 0.190 e. The van der Waals surface area contributed by atoms with Crippen LogP contribution in [-0.4, -0.2) is 74.7 Å². The Hall–Kier alpha value is -0.0800. The molecule has 1 unspecified atom stereocenters. The number of aliphatic imine (C=N–C) groups is 1. The predicted molar refractivity (Wildman–Crippen MR) is 119 cm³/mol. The fourth-order valence-electron chi connectivity index (χ4n) is 3.87. The van der Waals surface area contributed by atoms with Crippen LogP contribution in [0.1, 0.15) is 58.3 Å². The van der Waals surface area contributed by atoms with Crippen molar-refractivity contribution in [3.05, 3.63) is 0 Å². The number of hydrogen-bond acceptors (Lipinski definition) is 3. The monoisotopic (exact) mass is 465 g/mol. The van der Waals surface area contributed by atoms with Gasteiger partial charge in [0, 0.05) is 32.7 Å². The highest BCUT2D eigenvalue weighted by atomic mass is 127. The molecule has 0 radical (unpaired) electrons. The average Bonchev–Trinajstić information content (AvgIpc) is 3.11. The molecule has 0 amide bonds. The van der Waals surface area contributed by atoms with Crippen molar-refractivity contribution >= 4 is 29.9 Å². The fraction of sp³-hybridized carbons (Fsp3) is 0.947. The Morgan fingerprint density at radius 2 is 1.60 bits per heavy atom. The minimum Gasteiger partial charge on any atom is -0.356 e. The Kier molecular flexibility index (Phi) is 12.9. The van der Waals surface area contributed by atoms with Crippen molar-refractivity contribution < 1.29 is 0 Å². The van der Waals surface area contributed by atoms with Crippen LogP contribution in [0.4, 0.5) is 0 Å². The molecule has 0 aliphatic carbocycles. The lowest BCUT2D eigenvalue weighted by Crippen LogP contribution is -2.41. The van der Waals surface area contributed by atoms with E-state index < -0.39 is 0 Å². The summed E-state index contributed by atoms with van der Waals surface area (Å²) in [6, 6.07) is 0.770. The zero-order valence-electron chi connectivity index (χ0n) is 16.4. The number of nitrogens with zero attached hydrogens (tertiary/aromatic N) is 3. The third-order valence-electron chi connectivity index (χ3n) is 5.47. The normalized spacial score (nSPS) is 22.6. The molecule has 2 N–H and O–H groups in total. The van der Waals surface area contributed by atoms with Crippen LogP contribution in [0.2, 0.25) is 0 Å². The first-order valence-electron chi connectivity index (χ1n) is 10.2. The van der Waals surface area contributed by atoms with Crippen molar-refractivity contribution in [1.29, 1.82) is 0 Å². The van der Waals surface area contributed by atoms with Crippen LogP contribution >= 0.6 is 24.0 Å². The highest BCUT2D eigenvalue weighted by molar-refractivity contribution is 14.0. The molecule has 2 saturated heterocycles. The van der Waals surface area contributed by atoms with E-state index in [0.29, 0.717) is 0 Å². The Morgan fingerprint density at radius 3 is 2.28 bits per heavy atom. The first kappa shape index (κ1) is 23.0. The fourth-order valence-corrected chi connectivity index (χ4v) is 3.87. The molecule has 0 saturated carbocycles. The van der Waals surface area contributed by atoms with E-state index in [9.17, 15) is 0 Å². The van der Waals surface area contributed by atoms with E-state index in [2.05, 4.69) is 32.3 Å². The summed E-state index contributed by atoms with van der Waals surface area (Å²) in [5.74, 6) is 0.961. The summed E-state index contributed by atoms with van der Waals surface area (Å²) < 4.78 is 0. The first-order chi connectivity index (χ1) is 11.8. The van der Waals surface area contributed by atoms with Crippen molar-refractivity contribution in [2.75, 3.05) is 52.9 Å². The highest BCUT2D eigenvalue weighted by Crippen LogP contribution is 2.16. The van der Waals surface area contributed by atoms with Crippen molar-refractivity contribution in [2.45, 2.75) is 64.3 Å². The van der Waals surface area contributed by atoms with Gasteiger partial charge in [0.2, 0.25) is 0 Å². The lowest BCUT2D eigenvalue weighted by Gasteiger charge is -2.33. The predicted octanol–water partition coefficient (Wildman–Crippen LogP) is 2.91. The molecule has 2 fully saturated rings. The van der Waals surface area contributed by atoms with Crippen molar-refractivity contribution in [1.82, 2.24) is 20.4 Å². The molecule has 0 aromatic carbocycles. The van der Waals surface area contributed by atoms with E-state index >= 15 is 0 Å². The molecule has 0 aromatic heterocycles. The number of piperidine rings is 1. The topological polar surface area (TPSA) is 42.9 Å². The molecule has 2 aliphatic rings. The summed E-state index contributed by atoms with van der Waals surface area (Å²) >= 11 is 0. The Bertz CT molecular complexity index is 358. The van der Waals surface area contributed by atoms with Crippen LogP contribution < -0.4 is 10.6 Å². The molecular formula is C19H40IN5. The molecule has 6 heteroatoms. The van der Waals surface area contributed by atoms with Gasteiger partial charge in [-0.15, -0.1) is 24.0 Å². The van der Waals surface area contributed by atoms with E-state index in [4.69, 9.17) is 0 Å². The summed E-state index contributed by atoms with van der Waals surface area (Å²) in [6.45, 7) is 10.8. The van der Waals surface area contributed by atoms with Gasteiger partial charge in [0.05, 0.1) is 0 Å². The highest BCUT2D eigenvalue weighted by Gasteiger charge is 2.17. The molecule has 2 rings (SSSR count). The van der Waals surface area contributed by atoms with Crippen molar-refractivity contribution in [3.63, 3.8) is 0 Å². The summed E-state index contributed by atoms with van der Waals surface area (Å²) in [7, 11) is 1.87. The Balaban J connectivity index is 0.00000312. The molecule has 5 nitrogen and oxygen atoms in total. The van der Waals surface area contributed by atoms with Crippen LogP contribution in [-0.2, 0) is 0 Å². The van der Waals surface area contributed by atoms with Gasteiger partial charge in [0.15, 0.2) is 5.96 Å². The number of guanidine groups is 1. The van der Waals surface area contributed by atoms with Crippen molar-refractivity contribution in [2.24, 2.45) is 4.99 Å². The Labute approximate surface area is 172 Å². The van der Waals surface area contributed by atoms with Gasteiger partial charge in [0.25, 0.3) is 0 Å². The maximum absolute atomic E-state index is 4.33. The standard InChI is InChI=1S/C19H39N5.HI/c1-18-10-3-5-16-24(18)17-9-12-22-19(20-2)21-11-4-6-13-23-14-7-8-15-23;/h18H,3-17H2,1-2H3,(H2,20,21,22);1H. The van der Waals surface area contributed by atoms with E-state index in [-0.39, 0.29) is 24.0 Å². The van der Waals surface area contributed by atoms with Gasteiger partial charge in [-0.2, -0.15) is 0 Å². The number of likely N-dealkylation sites (tertiary alicyclic amines) is 2. The summed E-state index contributed by atoms with van der Waals surface area (Å²) in [6.07, 6.45) is 10.6. The molecule has 0 bridgehead atoms. The molecule has 1 atom stereocenters. The number of rotatable bonds is 9. The maximum Gasteiger partial charge on any atom is 0.190 e. The van der Waals surface area contributed by atoms with Crippen LogP contribution in [0.3, 0.4) is 0 Å². The lowest BCUT2D eigenvalue weighted by atomic mass is 10.0. The lowest BCUT2D eigenvalue weighted by molar-refractivity contribution is 0.159. The quantitative estimate of drug-likeness (QED) is 0.238. The minimum absolute atomic E-state index is 0. The summed E-state index contributed by atoms with van der Waals surface area (Å²) in [4.78, 5) is 9.56. The number of hydrogen-bond donors (Lipinski definition) is 2. The summed E-state index contributed by atoms with van der Waals surface area (Å²) in [5, 5.41) is 6.91. The van der Waals surface area contributed by atoms with Gasteiger partial charge in [-0.1, -0.05) is 6.42 Å². The van der Waals surface area contributed by atoms with Gasteiger partial charge in [0.1, 0.15) is 0 Å². The third-order valence-corrected chi connectivity index (χ3v) is 5.47. The van der Waals surface area contributed by atoms with Crippen LogP contribution in [0.25, 0.3) is 0 Å². The van der Waals surface area contributed by atoms with Gasteiger partial charge in [-0.3, -0.25) is 4.99 Å². The SMILES string of the molecule is CN=C(NCCCCN1CCCC1)NCCCN1CCCCC1C.I. The largest absolute Gasteiger partial charge is 0.356 e. The number of halogens is 1. The average molecular weight is 465 g/mol. The van der Waals surface area contributed by atoms with Crippen molar-refractivity contribution in [3.8, 4) is 0 Å². The zero-order chi connectivity index (χ0) is 17.0. The van der Waals surface area contributed by atoms with Gasteiger partial charge >= 0.3 is 0 Å². The second-order valence-electron chi connectivity index (χ2n) is 7.42. The molecule has 0 spiro atoms. The van der Waals surface area contributed by atoms with E-state index in [0.717, 1.165) is 25.1 Å². The Morgan fingerprint density at radius 1 is 0.920 bits per heavy atom. The molecule has 0 aromatic rings. The van der Waals surface area contributed by atoms with Crippen LogP contribution in [0, 0.1) is 0 Å². The number of nitrogens with one attached hydrogen (secondary N) is 2. The first-order valence-corrected chi connectivity index (χ1v) is 10.2. The van der Waals surface area contributed by atoms with E-state index in [1.165, 1.54) is 84.1 Å². The molecule has 2 heterocycles. The minimum atomic E-state index is 0. The molecule has 2 aliphatic heterocycles. The van der Waals surface area contributed by atoms with Gasteiger partial charge in [-0.25, -0.2) is 0 Å². The third kappa shape index (κ3) is 9.43. The van der Waals surface area contributed by atoms with Crippen LogP contribution in [0.15, 0.2) is 4.99 Å². The van der Waals surface area contributed by atoms with Gasteiger partial charge < -0.3 is 20.4 Å². The maximum atomic E-state index is 4.33. The number of unbranched alkanes of at least 4 members (excludes halogenated alkanes) is 1. The zero-order valence-corrected chi connectivity index (χ0v) is 18.8. The van der Waals surface area contributed by atoms with E-state index in [1.807, 2.05) is 7.05 Å². The molecule has 25 heavy (non-hydrogen) atoms. The molecular weight excluding hydrogens is 425 g/mol. The van der Waals surface area contributed by atoms with Crippen LogP contribution in [0.5, 0.6) is 0 Å². The van der Waals surface area contributed by atoms with Gasteiger partial charge in [-0.05, 0) is 78.0 Å². The summed E-state index contributed by atoms with van der Waals surface area (Å²) in [5.41, 5.74) is 0. The molecule has 148 valence electrons. The second kappa shape index (κ2) is 14.0. The van der Waals surface area contributed by atoms with E-state index in [1.54, 1.807) is 0 Å². The second-order valence-corrected chi connectivity index (χ2v) is 7.42.